The van der Waals surface area contributed by atoms with Crippen molar-refractivity contribution in [2.24, 2.45) is 5.92 Å². The second kappa shape index (κ2) is 9.04. The van der Waals surface area contributed by atoms with E-state index in [1.807, 2.05) is 38.1 Å². The lowest BCUT2D eigenvalue weighted by atomic mass is 9.87. The molecule has 0 radical (unpaired) electrons. The molecule has 3 heteroatoms. The standard InChI is InChI=1S/C24H31FN2/c1-7-12-27(22-10-8-21(15-26)9-11-22)20(6)17(3)13-23-18(4)16(2)14-24(25)19(23)5/h8-11,14,17,20H,7,12-13H2,1-6H3. The zero-order chi connectivity index (χ0) is 20.1. The van der Waals surface area contributed by atoms with E-state index in [-0.39, 0.29) is 5.82 Å². The average molecular weight is 367 g/mol. The monoisotopic (exact) mass is 366 g/mol. The lowest BCUT2D eigenvalue weighted by molar-refractivity contribution is 0.443. The maximum Gasteiger partial charge on any atom is 0.126 e. The highest BCUT2D eigenvalue weighted by Gasteiger charge is 2.22. The van der Waals surface area contributed by atoms with Gasteiger partial charge in [-0.15, -0.1) is 0 Å². The molecule has 2 aromatic rings. The fourth-order valence-electron chi connectivity index (χ4n) is 3.71. The molecular weight excluding hydrogens is 335 g/mol. The number of rotatable bonds is 7. The van der Waals surface area contributed by atoms with Crippen LogP contribution in [0.15, 0.2) is 30.3 Å². The van der Waals surface area contributed by atoms with Crippen molar-refractivity contribution in [1.29, 1.82) is 5.26 Å². The molecule has 0 bridgehead atoms. The fraction of sp³-hybridized carbons (Fsp3) is 0.458. The van der Waals surface area contributed by atoms with Crippen molar-refractivity contribution in [2.45, 2.75) is 60.4 Å². The average Bonchev–Trinajstić information content (AvgIpc) is 2.67. The molecule has 2 aromatic carbocycles. The van der Waals surface area contributed by atoms with Crippen LogP contribution in [0.5, 0.6) is 0 Å². The number of nitriles is 1. The number of benzene rings is 2. The van der Waals surface area contributed by atoms with Crippen molar-refractivity contribution in [1.82, 2.24) is 0 Å². The number of nitrogens with zero attached hydrogens (tertiary/aromatic N) is 2. The van der Waals surface area contributed by atoms with E-state index in [4.69, 9.17) is 5.26 Å². The molecular formula is C24H31FN2. The summed E-state index contributed by atoms with van der Waals surface area (Å²) in [7, 11) is 0. The van der Waals surface area contributed by atoms with Crippen LogP contribution in [-0.2, 0) is 6.42 Å². The van der Waals surface area contributed by atoms with Gasteiger partial charge in [0.15, 0.2) is 0 Å². The third-order valence-corrected chi connectivity index (χ3v) is 5.83. The van der Waals surface area contributed by atoms with Gasteiger partial charge < -0.3 is 4.90 Å². The van der Waals surface area contributed by atoms with Crippen LogP contribution < -0.4 is 4.90 Å². The summed E-state index contributed by atoms with van der Waals surface area (Å²) in [6, 6.07) is 11.9. The van der Waals surface area contributed by atoms with Gasteiger partial charge in [0.25, 0.3) is 0 Å². The summed E-state index contributed by atoms with van der Waals surface area (Å²) >= 11 is 0. The lowest BCUT2D eigenvalue weighted by Crippen LogP contribution is -2.39. The second-order valence-electron chi connectivity index (χ2n) is 7.68. The highest BCUT2D eigenvalue weighted by Crippen LogP contribution is 2.28. The van der Waals surface area contributed by atoms with E-state index < -0.39 is 0 Å². The molecule has 0 N–H and O–H groups in total. The third-order valence-electron chi connectivity index (χ3n) is 5.83. The van der Waals surface area contributed by atoms with Crippen LogP contribution in [0.2, 0.25) is 0 Å². The van der Waals surface area contributed by atoms with E-state index >= 15 is 0 Å². The minimum atomic E-state index is -0.106. The van der Waals surface area contributed by atoms with Crippen molar-refractivity contribution in [3.05, 3.63) is 64.0 Å². The van der Waals surface area contributed by atoms with Crippen molar-refractivity contribution in [3.63, 3.8) is 0 Å². The molecule has 2 unspecified atom stereocenters. The van der Waals surface area contributed by atoms with E-state index in [0.29, 0.717) is 17.5 Å². The Morgan fingerprint density at radius 3 is 2.26 bits per heavy atom. The molecule has 0 saturated heterocycles. The predicted octanol–water partition coefficient (Wildman–Crippen LogP) is 6.11. The summed E-state index contributed by atoms with van der Waals surface area (Å²) < 4.78 is 14.3. The van der Waals surface area contributed by atoms with Crippen molar-refractivity contribution >= 4 is 5.69 Å². The van der Waals surface area contributed by atoms with Gasteiger partial charge in [-0.05, 0) is 99.0 Å². The number of hydrogen-bond acceptors (Lipinski definition) is 2. The fourth-order valence-corrected chi connectivity index (χ4v) is 3.71. The zero-order valence-electron chi connectivity index (χ0n) is 17.4. The van der Waals surface area contributed by atoms with Crippen LogP contribution in [0.3, 0.4) is 0 Å². The van der Waals surface area contributed by atoms with Gasteiger partial charge in [-0.25, -0.2) is 4.39 Å². The van der Waals surface area contributed by atoms with E-state index in [9.17, 15) is 4.39 Å². The van der Waals surface area contributed by atoms with Gasteiger partial charge in [-0.3, -0.25) is 0 Å². The summed E-state index contributed by atoms with van der Waals surface area (Å²) in [5.41, 5.74) is 5.95. The molecule has 144 valence electrons. The number of anilines is 1. The van der Waals surface area contributed by atoms with Crippen LogP contribution in [0.1, 0.15) is 55.0 Å². The van der Waals surface area contributed by atoms with Gasteiger partial charge in [0.1, 0.15) is 5.82 Å². The lowest BCUT2D eigenvalue weighted by Gasteiger charge is -2.35. The Labute approximate surface area is 163 Å². The first-order valence-electron chi connectivity index (χ1n) is 9.82. The van der Waals surface area contributed by atoms with Crippen LogP contribution in [0.4, 0.5) is 10.1 Å². The van der Waals surface area contributed by atoms with Gasteiger partial charge in [0.05, 0.1) is 11.6 Å². The van der Waals surface area contributed by atoms with E-state index in [0.717, 1.165) is 41.8 Å². The molecule has 0 spiro atoms. The van der Waals surface area contributed by atoms with Crippen LogP contribution in [-0.4, -0.2) is 12.6 Å². The van der Waals surface area contributed by atoms with Gasteiger partial charge in [-0.1, -0.05) is 13.8 Å². The van der Waals surface area contributed by atoms with E-state index in [1.165, 1.54) is 5.56 Å². The molecule has 27 heavy (non-hydrogen) atoms. The van der Waals surface area contributed by atoms with Crippen molar-refractivity contribution in [3.8, 4) is 6.07 Å². The number of halogens is 1. The van der Waals surface area contributed by atoms with Gasteiger partial charge in [0, 0.05) is 18.3 Å². The smallest absolute Gasteiger partial charge is 0.126 e. The molecule has 2 nitrogen and oxygen atoms in total. The number of hydrogen-bond donors (Lipinski definition) is 0. The van der Waals surface area contributed by atoms with Crippen molar-refractivity contribution in [2.75, 3.05) is 11.4 Å². The normalized spacial score (nSPS) is 13.1. The van der Waals surface area contributed by atoms with Crippen LogP contribution in [0, 0.1) is 43.8 Å². The SMILES string of the molecule is CCCN(c1ccc(C#N)cc1)C(C)C(C)Cc1c(C)c(C)cc(F)c1C. The largest absolute Gasteiger partial charge is 0.369 e. The first kappa shape index (κ1) is 21.0. The zero-order valence-corrected chi connectivity index (χ0v) is 17.4. The molecule has 0 aromatic heterocycles. The highest BCUT2D eigenvalue weighted by molar-refractivity contribution is 5.50. The first-order chi connectivity index (χ1) is 12.8. The maximum absolute atomic E-state index is 14.3. The molecule has 0 saturated carbocycles. The molecule has 0 aliphatic rings. The second-order valence-corrected chi connectivity index (χ2v) is 7.68. The minimum Gasteiger partial charge on any atom is -0.369 e. The van der Waals surface area contributed by atoms with E-state index in [1.54, 1.807) is 6.07 Å². The van der Waals surface area contributed by atoms with Gasteiger partial charge in [0.2, 0.25) is 0 Å². The van der Waals surface area contributed by atoms with Crippen LogP contribution >= 0.6 is 0 Å². The molecule has 0 aliphatic carbocycles. The summed E-state index contributed by atoms with van der Waals surface area (Å²) in [5, 5.41) is 9.03. The third kappa shape index (κ3) is 4.69. The maximum atomic E-state index is 14.3. The topological polar surface area (TPSA) is 27.0 Å². The summed E-state index contributed by atoms with van der Waals surface area (Å²) in [4.78, 5) is 2.41. The summed E-state index contributed by atoms with van der Waals surface area (Å²) in [6.45, 7) is 13.6. The Kier molecular flexibility index (Phi) is 7.02. The highest BCUT2D eigenvalue weighted by atomic mass is 19.1. The van der Waals surface area contributed by atoms with Gasteiger partial charge in [-0.2, -0.15) is 5.26 Å². The Morgan fingerprint density at radius 2 is 1.70 bits per heavy atom. The van der Waals surface area contributed by atoms with Crippen LogP contribution in [0.25, 0.3) is 0 Å². The molecule has 2 atom stereocenters. The Bertz CT molecular complexity index is 792. The number of aryl methyl sites for hydroxylation is 1. The van der Waals surface area contributed by atoms with E-state index in [2.05, 4.69) is 38.7 Å². The Balaban J connectivity index is 2.28. The molecule has 0 amide bonds. The molecule has 0 fully saturated rings. The Hall–Kier alpha value is -2.34. The molecule has 0 aliphatic heterocycles. The quantitative estimate of drug-likeness (QED) is 0.591. The van der Waals surface area contributed by atoms with Gasteiger partial charge >= 0.3 is 0 Å². The Morgan fingerprint density at radius 1 is 1.07 bits per heavy atom. The molecule has 2 rings (SSSR count). The summed E-state index contributed by atoms with van der Waals surface area (Å²) in [5.74, 6) is 0.260. The predicted molar refractivity (Wildman–Crippen MR) is 112 cm³/mol. The minimum absolute atomic E-state index is 0.106. The van der Waals surface area contributed by atoms with Crippen molar-refractivity contribution < 1.29 is 4.39 Å². The summed E-state index contributed by atoms with van der Waals surface area (Å²) in [6.07, 6.45) is 1.90. The molecule has 0 heterocycles. The first-order valence-corrected chi connectivity index (χ1v) is 9.82.